The van der Waals surface area contributed by atoms with Crippen molar-refractivity contribution in [2.24, 2.45) is 5.92 Å². The zero-order valence-electron chi connectivity index (χ0n) is 25.1. The Kier molecular flexibility index (Phi) is 23.9. The van der Waals surface area contributed by atoms with Crippen molar-refractivity contribution in [2.75, 3.05) is 19.7 Å². The van der Waals surface area contributed by atoms with Gasteiger partial charge in [0, 0.05) is 12.1 Å². The smallest absolute Gasteiger partial charge is 0.333 e. The molecular formula is C31H59N3O4. The molecule has 2 atom stereocenters. The number of hydrogen-bond donors (Lipinski definition) is 3. The van der Waals surface area contributed by atoms with Gasteiger partial charge in [0.15, 0.2) is 0 Å². The van der Waals surface area contributed by atoms with Crippen LogP contribution in [0, 0.1) is 5.92 Å². The van der Waals surface area contributed by atoms with E-state index < -0.39 is 18.0 Å². The van der Waals surface area contributed by atoms with Crippen molar-refractivity contribution in [2.45, 2.75) is 143 Å². The minimum Gasteiger partial charge on any atom is -0.460 e. The number of esters is 1. The summed E-state index contributed by atoms with van der Waals surface area (Å²) >= 11 is 0. The fourth-order valence-corrected chi connectivity index (χ4v) is 4.32. The van der Waals surface area contributed by atoms with Gasteiger partial charge < -0.3 is 20.7 Å². The SMILES string of the molecule is C=C(C)C(=O)OCCNC(=O)N[C@H](C(=O)NCCCCCCCCCCCCCCCCCC)[C@@H](C)CC. The maximum Gasteiger partial charge on any atom is 0.333 e. The highest BCUT2D eigenvalue weighted by Crippen LogP contribution is 2.14. The number of unbranched alkanes of at least 4 members (excludes halogenated alkanes) is 15. The highest BCUT2D eigenvalue weighted by Gasteiger charge is 2.25. The van der Waals surface area contributed by atoms with Crippen molar-refractivity contribution in [3.63, 3.8) is 0 Å². The van der Waals surface area contributed by atoms with Crippen molar-refractivity contribution >= 4 is 17.9 Å². The monoisotopic (exact) mass is 537 g/mol. The average molecular weight is 538 g/mol. The first-order valence-electron chi connectivity index (χ1n) is 15.5. The quantitative estimate of drug-likeness (QED) is 0.0652. The molecular weight excluding hydrogens is 478 g/mol. The summed E-state index contributed by atoms with van der Waals surface area (Å²) in [5.74, 6) is -0.630. The lowest BCUT2D eigenvalue weighted by Crippen LogP contribution is -2.53. The van der Waals surface area contributed by atoms with Gasteiger partial charge in [-0.2, -0.15) is 0 Å². The molecule has 0 spiro atoms. The Morgan fingerprint density at radius 1 is 0.711 bits per heavy atom. The number of urea groups is 1. The van der Waals surface area contributed by atoms with E-state index in [9.17, 15) is 14.4 Å². The van der Waals surface area contributed by atoms with Gasteiger partial charge in [0.2, 0.25) is 5.91 Å². The second kappa shape index (κ2) is 25.2. The third-order valence-corrected chi connectivity index (χ3v) is 7.08. The fraction of sp³-hybridized carbons (Fsp3) is 0.839. The third kappa shape index (κ3) is 20.9. The summed E-state index contributed by atoms with van der Waals surface area (Å²) in [6, 6.07) is -1.04. The van der Waals surface area contributed by atoms with Crippen LogP contribution in [0.1, 0.15) is 137 Å². The van der Waals surface area contributed by atoms with Gasteiger partial charge >= 0.3 is 12.0 Å². The van der Waals surface area contributed by atoms with Gasteiger partial charge in [-0.3, -0.25) is 4.79 Å². The van der Waals surface area contributed by atoms with E-state index in [-0.39, 0.29) is 25.0 Å². The van der Waals surface area contributed by atoms with Crippen LogP contribution in [0.25, 0.3) is 0 Å². The lowest BCUT2D eigenvalue weighted by Gasteiger charge is -2.23. The predicted molar refractivity (Wildman–Crippen MR) is 158 cm³/mol. The molecule has 0 radical (unpaired) electrons. The second-order valence-corrected chi connectivity index (χ2v) is 10.8. The minimum absolute atomic E-state index is 0.00721. The number of amides is 3. The van der Waals surface area contributed by atoms with Crippen molar-refractivity contribution in [1.82, 2.24) is 16.0 Å². The van der Waals surface area contributed by atoms with Crippen molar-refractivity contribution < 1.29 is 19.1 Å². The highest BCUT2D eigenvalue weighted by molar-refractivity contribution is 5.87. The van der Waals surface area contributed by atoms with E-state index in [1.807, 2.05) is 13.8 Å². The molecule has 0 aromatic carbocycles. The van der Waals surface area contributed by atoms with Crippen LogP contribution in [0.5, 0.6) is 0 Å². The third-order valence-electron chi connectivity index (χ3n) is 7.08. The molecule has 0 saturated carbocycles. The lowest BCUT2D eigenvalue weighted by molar-refractivity contribution is -0.138. The van der Waals surface area contributed by atoms with Gasteiger partial charge in [-0.05, 0) is 19.3 Å². The fourth-order valence-electron chi connectivity index (χ4n) is 4.32. The molecule has 0 aromatic heterocycles. The number of carbonyl (C=O) groups excluding carboxylic acids is 3. The molecule has 0 aliphatic heterocycles. The molecule has 38 heavy (non-hydrogen) atoms. The maximum atomic E-state index is 12.7. The topological polar surface area (TPSA) is 96.5 Å². The summed E-state index contributed by atoms with van der Waals surface area (Å²) < 4.78 is 4.96. The normalized spacial score (nSPS) is 12.4. The molecule has 7 nitrogen and oxygen atoms in total. The molecule has 0 aromatic rings. The van der Waals surface area contributed by atoms with E-state index in [0.717, 1.165) is 19.3 Å². The first-order valence-corrected chi connectivity index (χ1v) is 15.5. The van der Waals surface area contributed by atoms with E-state index in [1.165, 1.54) is 89.9 Å². The summed E-state index contributed by atoms with van der Waals surface area (Å²) in [6.07, 6.45) is 21.9. The Bertz CT molecular complexity index is 639. The van der Waals surface area contributed by atoms with Gasteiger partial charge in [-0.15, -0.1) is 0 Å². The van der Waals surface area contributed by atoms with Gasteiger partial charge in [-0.1, -0.05) is 130 Å². The standard InChI is InChI=1S/C31H59N3O4/c1-6-8-9-10-11-12-13-14-15-16-17-18-19-20-21-22-23-32-29(35)28(27(5)7-2)34-31(37)33-24-25-38-30(36)26(3)4/h27-28H,3,6-25H2,1-2,4-5H3,(H,32,35)(H2,33,34,37)/t27-,28-/m0/s1. The average Bonchev–Trinajstić information content (AvgIpc) is 2.90. The summed E-state index contributed by atoms with van der Waals surface area (Å²) in [4.78, 5) is 36.3. The largest absolute Gasteiger partial charge is 0.460 e. The molecule has 0 rings (SSSR count). The van der Waals surface area contributed by atoms with E-state index in [1.54, 1.807) is 6.92 Å². The van der Waals surface area contributed by atoms with Crippen LogP contribution in [0.2, 0.25) is 0 Å². The lowest BCUT2D eigenvalue weighted by atomic mass is 9.98. The first-order chi connectivity index (χ1) is 18.3. The van der Waals surface area contributed by atoms with Gasteiger partial charge in [0.05, 0.1) is 6.54 Å². The minimum atomic E-state index is -0.598. The van der Waals surface area contributed by atoms with Crippen LogP contribution < -0.4 is 16.0 Å². The van der Waals surface area contributed by atoms with Gasteiger partial charge in [0.25, 0.3) is 0 Å². The zero-order valence-corrected chi connectivity index (χ0v) is 25.1. The van der Waals surface area contributed by atoms with E-state index >= 15 is 0 Å². The van der Waals surface area contributed by atoms with Crippen molar-refractivity contribution in [3.05, 3.63) is 12.2 Å². The number of hydrogen-bond acceptors (Lipinski definition) is 4. The van der Waals surface area contributed by atoms with Gasteiger partial charge in [0.1, 0.15) is 12.6 Å². The van der Waals surface area contributed by atoms with Gasteiger partial charge in [-0.25, -0.2) is 9.59 Å². The van der Waals surface area contributed by atoms with Crippen LogP contribution in [0.4, 0.5) is 4.79 Å². The Morgan fingerprint density at radius 2 is 1.18 bits per heavy atom. The number of rotatable bonds is 25. The highest BCUT2D eigenvalue weighted by atomic mass is 16.5. The molecule has 7 heteroatoms. The van der Waals surface area contributed by atoms with Crippen LogP contribution in [0.15, 0.2) is 12.2 Å². The molecule has 0 heterocycles. The summed E-state index contributed by atoms with van der Waals surface area (Å²) in [7, 11) is 0. The molecule has 0 saturated heterocycles. The number of carbonyl (C=O) groups is 3. The molecule has 3 N–H and O–H groups in total. The molecule has 0 aliphatic rings. The van der Waals surface area contributed by atoms with E-state index in [0.29, 0.717) is 12.1 Å². The van der Waals surface area contributed by atoms with E-state index in [2.05, 4.69) is 29.5 Å². The summed E-state index contributed by atoms with van der Waals surface area (Å²) in [5.41, 5.74) is 0.312. The molecule has 3 amide bonds. The Balaban J connectivity index is 3.82. The molecule has 0 fully saturated rings. The molecule has 0 aliphatic carbocycles. The maximum absolute atomic E-state index is 12.7. The summed E-state index contributed by atoms with van der Waals surface area (Å²) in [5, 5.41) is 8.38. The molecule has 222 valence electrons. The van der Waals surface area contributed by atoms with Crippen molar-refractivity contribution in [1.29, 1.82) is 0 Å². The van der Waals surface area contributed by atoms with Crippen LogP contribution in [-0.2, 0) is 14.3 Å². The zero-order chi connectivity index (χ0) is 28.4. The van der Waals surface area contributed by atoms with Crippen LogP contribution in [-0.4, -0.2) is 43.6 Å². The molecule has 0 bridgehead atoms. The van der Waals surface area contributed by atoms with Crippen molar-refractivity contribution in [3.8, 4) is 0 Å². The number of nitrogens with one attached hydrogen (secondary N) is 3. The summed E-state index contributed by atoms with van der Waals surface area (Å²) in [6.45, 7) is 12.1. The Morgan fingerprint density at radius 3 is 1.63 bits per heavy atom. The molecule has 0 unspecified atom stereocenters. The Hall–Kier alpha value is -2.05. The van der Waals surface area contributed by atoms with Crippen LogP contribution >= 0.6 is 0 Å². The second-order valence-electron chi connectivity index (χ2n) is 10.8. The van der Waals surface area contributed by atoms with Crippen LogP contribution in [0.3, 0.4) is 0 Å². The van der Waals surface area contributed by atoms with E-state index in [4.69, 9.17) is 4.74 Å². The number of ether oxygens (including phenoxy) is 1. The first kappa shape index (κ1) is 35.9. The Labute approximate surface area is 233 Å². The predicted octanol–water partition coefficient (Wildman–Crippen LogP) is 7.20.